The minimum Gasteiger partial charge on any atom is -0.362 e. The summed E-state index contributed by atoms with van der Waals surface area (Å²) in [5.41, 5.74) is 1.62. The molecule has 0 unspecified atom stereocenters. The summed E-state index contributed by atoms with van der Waals surface area (Å²) in [5.74, 6) is -0.236. The van der Waals surface area contributed by atoms with Gasteiger partial charge in [0.05, 0.1) is 0 Å². The first-order valence-electron chi connectivity index (χ1n) is 6.33. The van der Waals surface area contributed by atoms with E-state index in [0.29, 0.717) is 18.7 Å². The van der Waals surface area contributed by atoms with Crippen LogP contribution in [0.4, 0.5) is 14.6 Å². The second kappa shape index (κ2) is 6.43. The van der Waals surface area contributed by atoms with E-state index in [0.717, 1.165) is 17.4 Å². The molecule has 2 aromatic rings. The third-order valence-corrected chi connectivity index (χ3v) is 2.86. The van der Waals surface area contributed by atoms with E-state index in [4.69, 9.17) is 0 Å². The molecule has 5 heteroatoms. The Balaban J connectivity index is 1.99. The molecule has 0 bridgehead atoms. The lowest BCUT2D eigenvalue weighted by Gasteiger charge is -2.16. The van der Waals surface area contributed by atoms with Gasteiger partial charge >= 0.3 is 0 Å². The molecule has 1 aromatic carbocycles. The Morgan fingerprint density at radius 3 is 2.45 bits per heavy atom. The van der Waals surface area contributed by atoms with Gasteiger partial charge in [-0.25, -0.2) is 13.8 Å². The highest BCUT2D eigenvalue weighted by Gasteiger charge is 2.05. The SMILES string of the molecule is CN(C)c1ncccc1CNCc1cc(F)cc(F)c1. The van der Waals surface area contributed by atoms with Crippen LogP contribution in [0.5, 0.6) is 0 Å². The summed E-state index contributed by atoms with van der Waals surface area (Å²) in [6.07, 6.45) is 1.74. The molecule has 20 heavy (non-hydrogen) atoms. The molecule has 1 heterocycles. The summed E-state index contributed by atoms with van der Waals surface area (Å²) < 4.78 is 26.1. The Bertz CT molecular complexity index is 565. The lowest BCUT2D eigenvalue weighted by molar-refractivity contribution is 0.575. The molecule has 0 aliphatic carbocycles. The molecule has 1 aromatic heterocycles. The third kappa shape index (κ3) is 3.74. The number of aromatic nitrogens is 1. The van der Waals surface area contributed by atoms with E-state index in [1.54, 1.807) is 6.20 Å². The molecule has 0 amide bonds. The molecular formula is C15H17F2N3. The standard InChI is InChI=1S/C15H17F2N3/c1-20(2)15-12(4-3-5-19-15)10-18-9-11-6-13(16)8-14(17)7-11/h3-8,18H,9-10H2,1-2H3. The Morgan fingerprint density at radius 2 is 1.80 bits per heavy atom. The molecule has 0 fully saturated rings. The lowest BCUT2D eigenvalue weighted by atomic mass is 10.2. The van der Waals surface area contributed by atoms with E-state index in [2.05, 4.69) is 10.3 Å². The fourth-order valence-corrected chi connectivity index (χ4v) is 2.03. The zero-order valence-electron chi connectivity index (χ0n) is 11.5. The van der Waals surface area contributed by atoms with Gasteiger partial charge in [0.15, 0.2) is 0 Å². The van der Waals surface area contributed by atoms with Crippen LogP contribution in [0.25, 0.3) is 0 Å². The number of halogens is 2. The van der Waals surface area contributed by atoms with Gasteiger partial charge in [0, 0.05) is 45.0 Å². The second-order valence-corrected chi connectivity index (χ2v) is 4.76. The number of nitrogens with zero attached hydrogens (tertiary/aromatic N) is 2. The molecule has 0 saturated heterocycles. The molecule has 0 spiro atoms. The van der Waals surface area contributed by atoms with E-state index < -0.39 is 11.6 Å². The number of hydrogen-bond donors (Lipinski definition) is 1. The topological polar surface area (TPSA) is 28.2 Å². The molecule has 106 valence electrons. The summed E-state index contributed by atoms with van der Waals surface area (Å²) >= 11 is 0. The monoisotopic (exact) mass is 277 g/mol. The van der Waals surface area contributed by atoms with E-state index in [1.165, 1.54) is 12.1 Å². The van der Waals surface area contributed by atoms with Crippen molar-refractivity contribution >= 4 is 5.82 Å². The normalized spacial score (nSPS) is 10.6. The first-order valence-corrected chi connectivity index (χ1v) is 6.33. The lowest BCUT2D eigenvalue weighted by Crippen LogP contribution is -2.18. The van der Waals surface area contributed by atoms with Crippen LogP contribution >= 0.6 is 0 Å². The number of anilines is 1. The fraction of sp³-hybridized carbons (Fsp3) is 0.267. The highest BCUT2D eigenvalue weighted by Crippen LogP contribution is 2.14. The summed E-state index contributed by atoms with van der Waals surface area (Å²) in [6, 6.07) is 7.36. The zero-order chi connectivity index (χ0) is 14.5. The van der Waals surface area contributed by atoms with Crippen LogP contribution in [0.1, 0.15) is 11.1 Å². The summed E-state index contributed by atoms with van der Waals surface area (Å²) in [7, 11) is 3.85. The van der Waals surface area contributed by atoms with E-state index in [1.807, 2.05) is 31.1 Å². The Kier molecular flexibility index (Phi) is 4.63. The predicted molar refractivity (Wildman–Crippen MR) is 75.5 cm³/mol. The van der Waals surface area contributed by atoms with E-state index >= 15 is 0 Å². The minimum atomic E-state index is -0.558. The maximum absolute atomic E-state index is 13.1. The van der Waals surface area contributed by atoms with Crippen molar-refractivity contribution in [2.75, 3.05) is 19.0 Å². The summed E-state index contributed by atoms with van der Waals surface area (Å²) in [5, 5.41) is 3.17. The van der Waals surface area contributed by atoms with Gasteiger partial charge in [-0.05, 0) is 23.8 Å². The van der Waals surface area contributed by atoms with Crippen LogP contribution in [-0.2, 0) is 13.1 Å². The molecule has 2 rings (SSSR count). The maximum Gasteiger partial charge on any atom is 0.132 e. The first kappa shape index (κ1) is 14.4. The molecule has 0 radical (unpaired) electrons. The average molecular weight is 277 g/mol. The van der Waals surface area contributed by atoms with Gasteiger partial charge in [0.25, 0.3) is 0 Å². The van der Waals surface area contributed by atoms with Gasteiger partial charge < -0.3 is 10.2 Å². The van der Waals surface area contributed by atoms with Crippen molar-refractivity contribution in [3.63, 3.8) is 0 Å². The quantitative estimate of drug-likeness (QED) is 0.911. The molecule has 0 aliphatic heterocycles. The molecular weight excluding hydrogens is 260 g/mol. The molecule has 0 saturated carbocycles. The first-order chi connectivity index (χ1) is 9.56. The number of nitrogens with one attached hydrogen (secondary N) is 1. The average Bonchev–Trinajstić information content (AvgIpc) is 2.38. The number of hydrogen-bond acceptors (Lipinski definition) is 3. The Hall–Kier alpha value is -2.01. The molecule has 0 aliphatic rings. The van der Waals surface area contributed by atoms with Crippen LogP contribution < -0.4 is 10.2 Å². The predicted octanol–water partition coefficient (Wildman–Crippen LogP) is 2.72. The van der Waals surface area contributed by atoms with Crippen LogP contribution in [0.2, 0.25) is 0 Å². The fourth-order valence-electron chi connectivity index (χ4n) is 2.03. The number of rotatable bonds is 5. The van der Waals surface area contributed by atoms with E-state index in [-0.39, 0.29) is 0 Å². The van der Waals surface area contributed by atoms with Crippen molar-refractivity contribution in [1.82, 2.24) is 10.3 Å². The second-order valence-electron chi connectivity index (χ2n) is 4.76. The number of benzene rings is 1. The largest absolute Gasteiger partial charge is 0.362 e. The van der Waals surface area contributed by atoms with Crippen LogP contribution in [0.15, 0.2) is 36.5 Å². The van der Waals surface area contributed by atoms with E-state index in [9.17, 15) is 8.78 Å². The van der Waals surface area contributed by atoms with Gasteiger partial charge in [-0.1, -0.05) is 6.07 Å². The van der Waals surface area contributed by atoms with Crippen LogP contribution in [0.3, 0.4) is 0 Å². The highest BCUT2D eigenvalue weighted by molar-refractivity contribution is 5.45. The van der Waals surface area contributed by atoms with Crippen molar-refractivity contribution in [1.29, 1.82) is 0 Å². The van der Waals surface area contributed by atoms with Crippen LogP contribution in [0, 0.1) is 11.6 Å². The van der Waals surface area contributed by atoms with Crippen molar-refractivity contribution in [3.05, 3.63) is 59.3 Å². The highest BCUT2D eigenvalue weighted by atomic mass is 19.1. The van der Waals surface area contributed by atoms with Crippen molar-refractivity contribution in [3.8, 4) is 0 Å². The molecule has 0 atom stereocenters. The minimum absolute atomic E-state index is 0.399. The Labute approximate surface area is 117 Å². The molecule has 1 N–H and O–H groups in total. The zero-order valence-corrected chi connectivity index (χ0v) is 11.5. The van der Waals surface area contributed by atoms with Crippen molar-refractivity contribution < 1.29 is 8.78 Å². The smallest absolute Gasteiger partial charge is 0.132 e. The van der Waals surface area contributed by atoms with Gasteiger partial charge in [-0.2, -0.15) is 0 Å². The maximum atomic E-state index is 13.1. The van der Waals surface area contributed by atoms with Gasteiger partial charge in [0.2, 0.25) is 0 Å². The molecule has 3 nitrogen and oxygen atoms in total. The van der Waals surface area contributed by atoms with Gasteiger partial charge in [0.1, 0.15) is 17.5 Å². The number of pyridine rings is 1. The summed E-state index contributed by atoms with van der Waals surface area (Å²) in [6.45, 7) is 0.982. The van der Waals surface area contributed by atoms with Gasteiger partial charge in [-0.15, -0.1) is 0 Å². The van der Waals surface area contributed by atoms with Crippen molar-refractivity contribution in [2.45, 2.75) is 13.1 Å². The van der Waals surface area contributed by atoms with Crippen LogP contribution in [-0.4, -0.2) is 19.1 Å². The third-order valence-electron chi connectivity index (χ3n) is 2.86. The van der Waals surface area contributed by atoms with Gasteiger partial charge in [-0.3, -0.25) is 0 Å². The van der Waals surface area contributed by atoms with Crippen molar-refractivity contribution in [2.24, 2.45) is 0 Å². The Morgan fingerprint density at radius 1 is 1.10 bits per heavy atom. The summed E-state index contributed by atoms with van der Waals surface area (Å²) in [4.78, 5) is 6.23.